The zero-order valence-electron chi connectivity index (χ0n) is 9.44. The molecule has 1 saturated carbocycles. The largest absolute Gasteiger partial charge is 0.396 e. The molecule has 0 saturated heterocycles. The third-order valence-electron chi connectivity index (χ3n) is 3.82. The zero-order valence-corrected chi connectivity index (χ0v) is 10.3. The van der Waals surface area contributed by atoms with Crippen LogP contribution in [0.2, 0.25) is 0 Å². The van der Waals surface area contributed by atoms with Crippen molar-refractivity contribution in [2.24, 2.45) is 17.6 Å². The second kappa shape index (κ2) is 4.39. The van der Waals surface area contributed by atoms with Gasteiger partial charge in [-0.05, 0) is 24.7 Å². The van der Waals surface area contributed by atoms with E-state index < -0.39 is 14.6 Å². The molecule has 0 aromatic rings. The third kappa shape index (κ3) is 1.92. The summed E-state index contributed by atoms with van der Waals surface area (Å²) in [7, 11) is -3.14. The monoisotopic (exact) mass is 235 g/mol. The summed E-state index contributed by atoms with van der Waals surface area (Å²) >= 11 is 0. The maximum atomic E-state index is 12.1. The van der Waals surface area contributed by atoms with Gasteiger partial charge in [-0.25, -0.2) is 8.42 Å². The van der Waals surface area contributed by atoms with Crippen LogP contribution in [0.1, 0.15) is 26.7 Å². The Hall–Kier alpha value is -0.130. The molecule has 1 aliphatic carbocycles. The van der Waals surface area contributed by atoms with E-state index in [0.29, 0.717) is 6.42 Å². The van der Waals surface area contributed by atoms with Crippen LogP contribution in [0, 0.1) is 11.8 Å². The number of hydrogen-bond donors (Lipinski definition) is 2. The fourth-order valence-electron chi connectivity index (χ4n) is 2.76. The van der Waals surface area contributed by atoms with E-state index in [1.54, 1.807) is 6.92 Å². The topological polar surface area (TPSA) is 80.4 Å². The highest BCUT2D eigenvalue weighted by atomic mass is 32.2. The number of aliphatic hydroxyl groups excluding tert-OH is 1. The fraction of sp³-hybridized carbons (Fsp3) is 1.00. The molecule has 0 aliphatic heterocycles. The van der Waals surface area contributed by atoms with Crippen LogP contribution in [0.25, 0.3) is 0 Å². The molecular formula is C10H21NO3S. The van der Waals surface area contributed by atoms with Gasteiger partial charge in [-0.3, -0.25) is 0 Å². The summed E-state index contributed by atoms with van der Waals surface area (Å²) in [6.45, 7) is 3.81. The number of nitrogens with two attached hydrogens (primary N) is 1. The summed E-state index contributed by atoms with van der Waals surface area (Å²) in [6, 6.07) is 0. The highest BCUT2D eigenvalue weighted by molar-refractivity contribution is 7.92. The molecule has 0 unspecified atom stereocenters. The van der Waals surface area contributed by atoms with E-state index in [1.165, 1.54) is 0 Å². The molecule has 4 nitrogen and oxygen atoms in total. The minimum atomic E-state index is -3.14. The van der Waals surface area contributed by atoms with Crippen molar-refractivity contribution in [3.8, 4) is 0 Å². The summed E-state index contributed by atoms with van der Waals surface area (Å²) in [6.07, 6.45) is 1.27. The van der Waals surface area contributed by atoms with Crippen molar-refractivity contribution in [1.29, 1.82) is 0 Å². The van der Waals surface area contributed by atoms with Crippen molar-refractivity contribution in [3.63, 3.8) is 0 Å². The normalized spacial score (nSPS) is 37.1. The van der Waals surface area contributed by atoms with Crippen LogP contribution in [0.5, 0.6) is 0 Å². The molecule has 1 aliphatic rings. The molecule has 0 bridgehead atoms. The van der Waals surface area contributed by atoms with Crippen LogP contribution in [0.4, 0.5) is 0 Å². The van der Waals surface area contributed by atoms with Gasteiger partial charge in [0.1, 0.15) is 0 Å². The average Bonchev–Trinajstić information content (AvgIpc) is 2.56. The maximum Gasteiger partial charge on any atom is 0.157 e. The first kappa shape index (κ1) is 12.9. The van der Waals surface area contributed by atoms with Gasteiger partial charge >= 0.3 is 0 Å². The minimum absolute atomic E-state index is 0.0459. The van der Waals surface area contributed by atoms with E-state index in [4.69, 9.17) is 10.8 Å². The quantitative estimate of drug-likeness (QED) is 0.727. The van der Waals surface area contributed by atoms with E-state index in [2.05, 4.69) is 0 Å². The molecule has 0 spiro atoms. The van der Waals surface area contributed by atoms with Gasteiger partial charge in [0.15, 0.2) is 9.84 Å². The van der Waals surface area contributed by atoms with Gasteiger partial charge in [0.2, 0.25) is 0 Å². The average molecular weight is 235 g/mol. The van der Waals surface area contributed by atoms with Crippen molar-refractivity contribution in [2.75, 3.05) is 18.9 Å². The summed E-state index contributed by atoms with van der Waals surface area (Å²) < 4.78 is 23.3. The summed E-state index contributed by atoms with van der Waals surface area (Å²) in [5.41, 5.74) is 5.68. The van der Waals surface area contributed by atoms with E-state index in [-0.39, 0.29) is 30.7 Å². The SMILES string of the molecule is CCS(=O)(=O)[C@@]1(CN)C[C@@H](CO)C[C@@H]1C. The highest BCUT2D eigenvalue weighted by Crippen LogP contribution is 2.44. The van der Waals surface area contributed by atoms with Crippen molar-refractivity contribution in [2.45, 2.75) is 31.4 Å². The lowest BCUT2D eigenvalue weighted by atomic mass is 9.97. The molecule has 5 heteroatoms. The Kier molecular flexibility index (Phi) is 3.79. The summed E-state index contributed by atoms with van der Waals surface area (Å²) in [5.74, 6) is 0.265. The van der Waals surface area contributed by atoms with E-state index >= 15 is 0 Å². The lowest BCUT2D eigenvalue weighted by molar-refractivity contribution is 0.226. The first-order valence-electron chi connectivity index (χ1n) is 5.46. The highest BCUT2D eigenvalue weighted by Gasteiger charge is 2.52. The fourth-order valence-corrected chi connectivity index (χ4v) is 4.79. The molecule has 0 heterocycles. The Bertz CT molecular complexity index is 315. The predicted molar refractivity (Wildman–Crippen MR) is 60.2 cm³/mol. The Morgan fingerprint density at radius 2 is 2.13 bits per heavy atom. The van der Waals surface area contributed by atoms with E-state index in [0.717, 1.165) is 6.42 Å². The molecule has 0 radical (unpaired) electrons. The Morgan fingerprint density at radius 1 is 1.53 bits per heavy atom. The number of hydrogen-bond acceptors (Lipinski definition) is 4. The number of aliphatic hydroxyl groups is 1. The van der Waals surface area contributed by atoms with Crippen LogP contribution < -0.4 is 5.73 Å². The molecular weight excluding hydrogens is 214 g/mol. The van der Waals surface area contributed by atoms with E-state index in [1.807, 2.05) is 6.92 Å². The first-order chi connectivity index (χ1) is 6.93. The Balaban J connectivity index is 3.06. The molecule has 1 fully saturated rings. The second-order valence-electron chi connectivity index (χ2n) is 4.56. The van der Waals surface area contributed by atoms with Gasteiger partial charge in [0, 0.05) is 18.9 Å². The molecule has 0 amide bonds. The molecule has 90 valence electrons. The van der Waals surface area contributed by atoms with Gasteiger partial charge < -0.3 is 10.8 Å². The molecule has 15 heavy (non-hydrogen) atoms. The number of sulfone groups is 1. The molecule has 3 N–H and O–H groups in total. The van der Waals surface area contributed by atoms with Crippen LogP contribution in [-0.4, -0.2) is 37.2 Å². The second-order valence-corrected chi connectivity index (χ2v) is 7.18. The lowest BCUT2D eigenvalue weighted by Crippen LogP contribution is -2.48. The van der Waals surface area contributed by atoms with Crippen molar-refractivity contribution < 1.29 is 13.5 Å². The van der Waals surface area contributed by atoms with Crippen LogP contribution in [0.15, 0.2) is 0 Å². The Morgan fingerprint density at radius 3 is 2.47 bits per heavy atom. The standard InChI is InChI=1S/C10H21NO3S/c1-3-15(13,14)10(7-11)5-9(6-12)4-8(10)2/h8-9,12H,3-7,11H2,1-2H3/t8-,9-,10+/m0/s1. The van der Waals surface area contributed by atoms with Gasteiger partial charge in [-0.2, -0.15) is 0 Å². The Labute approximate surface area is 91.8 Å². The van der Waals surface area contributed by atoms with Gasteiger partial charge in [-0.15, -0.1) is 0 Å². The first-order valence-corrected chi connectivity index (χ1v) is 7.12. The minimum Gasteiger partial charge on any atom is -0.396 e. The smallest absolute Gasteiger partial charge is 0.157 e. The van der Waals surface area contributed by atoms with Crippen LogP contribution in [0.3, 0.4) is 0 Å². The molecule has 1 rings (SSSR count). The van der Waals surface area contributed by atoms with Crippen molar-refractivity contribution in [3.05, 3.63) is 0 Å². The maximum absolute atomic E-state index is 12.1. The van der Waals surface area contributed by atoms with E-state index in [9.17, 15) is 8.42 Å². The predicted octanol–water partition coefficient (Wildman–Crippen LogP) is 0.157. The molecule has 0 aromatic heterocycles. The summed E-state index contributed by atoms with van der Waals surface area (Å²) in [4.78, 5) is 0. The van der Waals surface area contributed by atoms with Gasteiger partial charge in [-0.1, -0.05) is 13.8 Å². The molecule has 0 aromatic carbocycles. The zero-order chi connectivity index (χ0) is 11.7. The molecule has 3 atom stereocenters. The van der Waals surface area contributed by atoms with Crippen molar-refractivity contribution >= 4 is 9.84 Å². The van der Waals surface area contributed by atoms with Gasteiger partial charge in [0.25, 0.3) is 0 Å². The van der Waals surface area contributed by atoms with Crippen molar-refractivity contribution in [1.82, 2.24) is 0 Å². The van der Waals surface area contributed by atoms with Gasteiger partial charge in [0.05, 0.1) is 4.75 Å². The summed E-state index contributed by atoms with van der Waals surface area (Å²) in [5, 5.41) is 9.11. The van der Waals surface area contributed by atoms with Crippen LogP contribution in [-0.2, 0) is 9.84 Å². The number of rotatable bonds is 4. The lowest BCUT2D eigenvalue weighted by Gasteiger charge is -2.31. The van der Waals surface area contributed by atoms with Crippen LogP contribution >= 0.6 is 0 Å². The third-order valence-corrected chi connectivity index (χ3v) is 6.56.